The Bertz CT molecular complexity index is 2690. The standard InChI is InChI=1S/C87H140O16P2/c1-4-7-10-13-16-19-22-25-28-31-33-35-37-39-40-42-44-45-47-50-52-55-58-61-64-67-70-73-85(90)97-76-82(88)77-99-104(93,94)100-78-83(89)79-101-105(95,96)102-81-84(103-87(92)75-72-69-66-63-60-57-54-49-30-27-24-21-18-15-12-9-6-3)80-98-86(91)74-71-68-65-62-59-56-53-51-48-46-43-41-38-36-34-32-29-26-23-20-17-14-11-8-5-2/h7-12,16-21,25-30,33-36,39-41,43-45,54,57,63,66,82-84,88-89H,4-6,13-15,22-24,31-32,37-38,42,46-53,55-56,58-62,64-65,67-81H2,1-3H3,(H,93,94)(H,95,96)/b10-7-,11-8-,12-9-,19-16-,20-17-,21-18-,28-25-,29-26-,30-27-,35-33-,36-34-,40-39-,43-41-,45-44-,57-54-,66-63-. The van der Waals surface area contributed by atoms with E-state index in [-0.39, 0.29) is 19.3 Å². The van der Waals surface area contributed by atoms with Gasteiger partial charge in [-0.05, 0) is 154 Å². The summed E-state index contributed by atoms with van der Waals surface area (Å²) in [6.07, 6.45) is 102. The molecule has 0 aliphatic rings. The van der Waals surface area contributed by atoms with Crippen LogP contribution in [-0.2, 0) is 55.8 Å². The number of hydrogen-bond acceptors (Lipinski definition) is 14. The average molecular weight is 1500 g/mol. The molecule has 0 saturated carbocycles. The van der Waals surface area contributed by atoms with Crippen LogP contribution < -0.4 is 0 Å². The zero-order valence-corrected chi connectivity index (χ0v) is 66.6. The highest BCUT2D eigenvalue weighted by Crippen LogP contribution is 2.45. The molecule has 4 N–H and O–H groups in total. The molecule has 0 heterocycles. The van der Waals surface area contributed by atoms with Crippen LogP contribution in [0.25, 0.3) is 0 Å². The highest BCUT2D eigenvalue weighted by Gasteiger charge is 2.29. The van der Waals surface area contributed by atoms with E-state index in [4.69, 9.17) is 32.3 Å². The Morgan fingerprint density at radius 2 is 0.486 bits per heavy atom. The number of allylic oxidation sites excluding steroid dienone is 32. The Hall–Kier alpha value is -5.61. The zero-order chi connectivity index (χ0) is 76.6. The van der Waals surface area contributed by atoms with E-state index in [0.29, 0.717) is 25.7 Å². The van der Waals surface area contributed by atoms with E-state index in [1.54, 1.807) is 0 Å². The number of carbonyl (C=O) groups is 3. The Balaban J connectivity index is 4.68. The first-order valence-electron chi connectivity index (χ1n) is 39.7. The normalized spacial score (nSPS) is 15.0. The highest BCUT2D eigenvalue weighted by molar-refractivity contribution is 7.47. The number of esters is 3. The van der Waals surface area contributed by atoms with Gasteiger partial charge >= 0.3 is 33.6 Å². The lowest BCUT2D eigenvalue weighted by molar-refractivity contribution is -0.161. The second-order valence-electron chi connectivity index (χ2n) is 25.7. The first kappa shape index (κ1) is 99.4. The minimum absolute atomic E-state index is 0.0174. The van der Waals surface area contributed by atoms with Crippen LogP contribution >= 0.6 is 15.6 Å². The van der Waals surface area contributed by atoms with Crippen molar-refractivity contribution in [2.75, 3.05) is 39.6 Å². The lowest BCUT2D eigenvalue weighted by Gasteiger charge is -2.21. The number of aliphatic hydroxyl groups excluding tert-OH is 2. The van der Waals surface area contributed by atoms with Crippen LogP contribution in [0.4, 0.5) is 0 Å². The number of rotatable bonds is 73. The summed E-state index contributed by atoms with van der Waals surface area (Å²) < 4.78 is 61.1. The lowest BCUT2D eigenvalue weighted by atomic mass is 10.1. The fourth-order valence-corrected chi connectivity index (χ4v) is 11.5. The second kappa shape index (κ2) is 78.0. The second-order valence-corrected chi connectivity index (χ2v) is 28.6. The monoisotopic (exact) mass is 1500 g/mol. The third kappa shape index (κ3) is 79.3. The van der Waals surface area contributed by atoms with Crippen LogP contribution in [0.3, 0.4) is 0 Å². The summed E-state index contributed by atoms with van der Waals surface area (Å²) in [5.41, 5.74) is 0. The van der Waals surface area contributed by atoms with Crippen LogP contribution in [0.15, 0.2) is 194 Å². The molecule has 18 heteroatoms. The van der Waals surface area contributed by atoms with Gasteiger partial charge in [0.1, 0.15) is 25.4 Å². The van der Waals surface area contributed by atoms with Crippen molar-refractivity contribution in [3.05, 3.63) is 194 Å². The van der Waals surface area contributed by atoms with Gasteiger partial charge < -0.3 is 34.2 Å². The largest absolute Gasteiger partial charge is 0.472 e. The molecule has 0 spiro atoms. The van der Waals surface area contributed by atoms with Crippen molar-refractivity contribution >= 4 is 33.6 Å². The summed E-state index contributed by atoms with van der Waals surface area (Å²) in [5, 5.41) is 20.6. The van der Waals surface area contributed by atoms with E-state index in [9.17, 15) is 43.5 Å². The average Bonchev–Trinajstić information content (AvgIpc) is 0.911. The molecule has 0 bridgehead atoms. The van der Waals surface area contributed by atoms with Crippen LogP contribution in [0.1, 0.15) is 278 Å². The van der Waals surface area contributed by atoms with E-state index in [2.05, 4.69) is 203 Å². The van der Waals surface area contributed by atoms with Crippen molar-refractivity contribution < 1.29 is 75.8 Å². The quantitative estimate of drug-likeness (QED) is 0.0146. The fourth-order valence-electron chi connectivity index (χ4n) is 9.87. The van der Waals surface area contributed by atoms with Gasteiger partial charge in [0, 0.05) is 19.3 Å². The van der Waals surface area contributed by atoms with Crippen LogP contribution in [-0.4, -0.2) is 95.9 Å². The summed E-state index contributed by atoms with van der Waals surface area (Å²) in [6.45, 7) is 2.23. The van der Waals surface area contributed by atoms with Gasteiger partial charge in [0.05, 0.1) is 26.4 Å². The zero-order valence-electron chi connectivity index (χ0n) is 64.8. The summed E-state index contributed by atoms with van der Waals surface area (Å²) in [6, 6.07) is 0. The summed E-state index contributed by atoms with van der Waals surface area (Å²) in [4.78, 5) is 58.7. The van der Waals surface area contributed by atoms with Crippen LogP contribution in [0, 0.1) is 0 Å². The Morgan fingerprint density at radius 1 is 0.267 bits per heavy atom. The molecule has 0 aliphatic heterocycles. The number of carbonyl (C=O) groups excluding carboxylic acids is 3. The molecule has 594 valence electrons. The van der Waals surface area contributed by atoms with Gasteiger partial charge in [0.25, 0.3) is 0 Å². The van der Waals surface area contributed by atoms with Gasteiger partial charge in [-0.15, -0.1) is 0 Å². The maximum absolute atomic E-state index is 13.0. The van der Waals surface area contributed by atoms with Gasteiger partial charge in [-0.1, -0.05) is 299 Å². The third-order valence-corrected chi connectivity index (χ3v) is 17.7. The summed E-state index contributed by atoms with van der Waals surface area (Å²) in [7, 11) is -9.83. The molecule has 0 saturated heterocycles. The molecule has 0 aromatic carbocycles. The Labute approximate surface area is 636 Å². The first-order chi connectivity index (χ1) is 51.2. The van der Waals surface area contributed by atoms with Gasteiger partial charge in [0.2, 0.25) is 0 Å². The minimum atomic E-state index is -4.96. The molecular weight excluding hydrogens is 1360 g/mol. The van der Waals surface area contributed by atoms with Gasteiger partial charge in [-0.3, -0.25) is 32.5 Å². The van der Waals surface area contributed by atoms with Gasteiger partial charge in [-0.2, -0.15) is 0 Å². The number of aliphatic hydroxyl groups is 2. The number of ether oxygens (including phenoxy) is 3. The molecule has 0 aliphatic carbocycles. The van der Waals surface area contributed by atoms with E-state index in [1.165, 1.54) is 44.9 Å². The van der Waals surface area contributed by atoms with Crippen molar-refractivity contribution in [1.82, 2.24) is 0 Å². The molecular formula is C87H140O16P2. The SMILES string of the molecule is CC/C=C\C/C=C\C/C=C\C/C=C\C/C=C\C/C=C\CCCCCCCCCCC(=O)OCC(O)COP(=O)(O)OCC(O)COP(=O)(O)OCC(COC(=O)CCCCCCCCCCC/C=C\C/C=C\C/C=C\C/C=C\C/C=C\CC)OC(=O)CCC/C=C\C/C=C\C/C=C\C/C=C\C/C=C\CC. The van der Waals surface area contributed by atoms with E-state index in [1.807, 2.05) is 12.2 Å². The Morgan fingerprint density at radius 3 is 0.781 bits per heavy atom. The topological polar surface area (TPSA) is 231 Å². The smallest absolute Gasteiger partial charge is 0.463 e. The number of phosphoric ester groups is 2. The molecule has 16 nitrogen and oxygen atoms in total. The van der Waals surface area contributed by atoms with E-state index >= 15 is 0 Å². The molecule has 0 radical (unpaired) electrons. The molecule has 105 heavy (non-hydrogen) atoms. The van der Waals surface area contributed by atoms with E-state index in [0.717, 1.165) is 167 Å². The highest BCUT2D eigenvalue weighted by atomic mass is 31.2. The number of unbranched alkanes of at least 4 members (excludes halogenated alkanes) is 18. The number of hydrogen-bond donors (Lipinski definition) is 4. The third-order valence-electron chi connectivity index (χ3n) is 15.8. The van der Waals surface area contributed by atoms with Crippen molar-refractivity contribution in [3.63, 3.8) is 0 Å². The predicted molar refractivity (Wildman–Crippen MR) is 435 cm³/mol. The maximum atomic E-state index is 13.0. The first-order valence-corrected chi connectivity index (χ1v) is 42.7. The number of phosphoric acid groups is 2. The Kier molecular flexibility index (Phi) is 73.8. The van der Waals surface area contributed by atoms with Crippen molar-refractivity contribution in [1.29, 1.82) is 0 Å². The van der Waals surface area contributed by atoms with Crippen LogP contribution in [0.5, 0.6) is 0 Å². The van der Waals surface area contributed by atoms with Gasteiger partial charge in [0.15, 0.2) is 6.10 Å². The molecule has 0 aromatic rings. The summed E-state index contributed by atoms with van der Waals surface area (Å²) >= 11 is 0. The molecule has 0 amide bonds. The molecule has 0 aromatic heterocycles. The maximum Gasteiger partial charge on any atom is 0.472 e. The molecule has 0 rings (SSSR count). The van der Waals surface area contributed by atoms with Gasteiger partial charge in [-0.25, -0.2) is 9.13 Å². The minimum Gasteiger partial charge on any atom is -0.463 e. The predicted octanol–water partition coefficient (Wildman–Crippen LogP) is 23.5. The van der Waals surface area contributed by atoms with Crippen molar-refractivity contribution in [2.45, 2.75) is 296 Å². The van der Waals surface area contributed by atoms with Crippen LogP contribution in [0.2, 0.25) is 0 Å². The summed E-state index contributed by atoms with van der Waals surface area (Å²) in [5.74, 6) is -1.67. The van der Waals surface area contributed by atoms with E-state index < -0.39 is 91.5 Å². The van der Waals surface area contributed by atoms with Crippen molar-refractivity contribution in [2.24, 2.45) is 0 Å². The van der Waals surface area contributed by atoms with Crippen molar-refractivity contribution in [3.8, 4) is 0 Å². The fraction of sp³-hybridized carbons (Fsp3) is 0.598. The molecule has 5 unspecified atom stereocenters. The molecule has 0 fully saturated rings. The molecule has 5 atom stereocenters. The lowest BCUT2D eigenvalue weighted by Crippen LogP contribution is -2.30.